The van der Waals surface area contributed by atoms with Crippen LogP contribution in [0.25, 0.3) is 0 Å². The van der Waals surface area contributed by atoms with Gasteiger partial charge in [0.1, 0.15) is 6.04 Å². The quantitative estimate of drug-likeness (QED) is 0.373. The van der Waals surface area contributed by atoms with Gasteiger partial charge in [-0.05, 0) is 32.7 Å². The van der Waals surface area contributed by atoms with E-state index in [2.05, 4.69) is 4.99 Å². The summed E-state index contributed by atoms with van der Waals surface area (Å²) >= 11 is 0. The van der Waals surface area contributed by atoms with Gasteiger partial charge in [0.2, 0.25) is 0 Å². The Morgan fingerprint density at radius 2 is 1.93 bits per heavy atom. The third kappa shape index (κ3) is 11.4. The monoisotopic (exact) mass is 259 g/mol. The summed E-state index contributed by atoms with van der Waals surface area (Å²) in [5.74, 6) is -0.623. The van der Waals surface area contributed by atoms with Crippen LogP contribution in [-0.2, 0) is 4.79 Å². The first kappa shape index (κ1) is 20.0. The minimum atomic E-state index is -0.929. The molecule has 92 valence electrons. The summed E-state index contributed by atoms with van der Waals surface area (Å²) in [6.45, 7) is 2.16. The molecule has 0 amide bonds. The number of rotatable bonds is 6. The SMILES string of the molecule is CC(N)=N[C@@H](CCCCN)C(=O)O.Cl.Cl. The van der Waals surface area contributed by atoms with Crippen LogP contribution in [0, 0.1) is 0 Å². The van der Waals surface area contributed by atoms with E-state index in [1.54, 1.807) is 6.92 Å². The summed E-state index contributed by atoms with van der Waals surface area (Å²) in [7, 11) is 0. The lowest BCUT2D eigenvalue weighted by atomic mass is 10.1. The molecule has 0 rings (SSSR count). The average molecular weight is 260 g/mol. The fourth-order valence-electron chi connectivity index (χ4n) is 0.971. The molecule has 0 unspecified atom stereocenters. The van der Waals surface area contributed by atoms with E-state index in [1.165, 1.54) is 0 Å². The molecule has 1 atom stereocenters. The van der Waals surface area contributed by atoms with Gasteiger partial charge in [0.25, 0.3) is 0 Å². The van der Waals surface area contributed by atoms with E-state index >= 15 is 0 Å². The summed E-state index contributed by atoms with van der Waals surface area (Å²) in [6, 6.07) is -0.712. The van der Waals surface area contributed by atoms with E-state index in [0.717, 1.165) is 12.8 Å². The maximum atomic E-state index is 10.6. The van der Waals surface area contributed by atoms with Crippen molar-refractivity contribution < 1.29 is 9.90 Å². The molecule has 0 spiro atoms. The number of hydrogen-bond acceptors (Lipinski definition) is 3. The Kier molecular flexibility index (Phi) is 15.4. The van der Waals surface area contributed by atoms with Crippen LogP contribution in [0.15, 0.2) is 4.99 Å². The lowest BCUT2D eigenvalue weighted by Gasteiger charge is -2.06. The smallest absolute Gasteiger partial charge is 0.328 e. The number of aliphatic carboxylic acids is 1. The number of unbranched alkanes of at least 4 members (excludes halogenated alkanes) is 1. The van der Waals surface area contributed by atoms with Crippen LogP contribution in [0.5, 0.6) is 0 Å². The van der Waals surface area contributed by atoms with Gasteiger partial charge in [-0.3, -0.25) is 4.99 Å². The lowest BCUT2D eigenvalue weighted by Crippen LogP contribution is -2.22. The summed E-state index contributed by atoms with van der Waals surface area (Å²) < 4.78 is 0. The minimum absolute atomic E-state index is 0. The highest BCUT2D eigenvalue weighted by atomic mass is 35.5. The molecule has 0 radical (unpaired) electrons. The Labute approximate surface area is 102 Å². The third-order valence-electron chi connectivity index (χ3n) is 1.58. The first-order valence-corrected chi connectivity index (χ1v) is 4.30. The second kappa shape index (κ2) is 11.6. The van der Waals surface area contributed by atoms with Gasteiger partial charge >= 0.3 is 5.97 Å². The van der Waals surface area contributed by atoms with Crippen molar-refractivity contribution in [2.45, 2.75) is 32.2 Å². The maximum Gasteiger partial charge on any atom is 0.328 e. The van der Waals surface area contributed by atoms with E-state index in [4.69, 9.17) is 16.6 Å². The Balaban J connectivity index is -0.000000720. The maximum absolute atomic E-state index is 10.6. The van der Waals surface area contributed by atoms with E-state index in [9.17, 15) is 4.79 Å². The van der Waals surface area contributed by atoms with Gasteiger partial charge in [0.05, 0.1) is 5.84 Å². The van der Waals surface area contributed by atoms with Gasteiger partial charge in [0.15, 0.2) is 0 Å². The van der Waals surface area contributed by atoms with E-state index < -0.39 is 12.0 Å². The van der Waals surface area contributed by atoms with Crippen LogP contribution in [-0.4, -0.2) is 29.5 Å². The van der Waals surface area contributed by atoms with Crippen molar-refractivity contribution in [1.82, 2.24) is 0 Å². The highest BCUT2D eigenvalue weighted by Crippen LogP contribution is 2.04. The Hall–Kier alpha value is -0.520. The number of carbonyl (C=O) groups is 1. The number of halogens is 2. The van der Waals surface area contributed by atoms with E-state index in [-0.39, 0.29) is 24.8 Å². The van der Waals surface area contributed by atoms with Crippen molar-refractivity contribution in [3.63, 3.8) is 0 Å². The number of aliphatic imine (C=N–C) groups is 1. The van der Waals surface area contributed by atoms with Gasteiger partial charge in [-0.15, -0.1) is 24.8 Å². The summed E-state index contributed by atoms with van der Waals surface area (Å²) in [6.07, 6.45) is 2.09. The van der Waals surface area contributed by atoms with Gasteiger partial charge in [-0.1, -0.05) is 0 Å². The van der Waals surface area contributed by atoms with Crippen LogP contribution in [0.1, 0.15) is 26.2 Å². The molecule has 0 saturated heterocycles. The number of carboxylic acid groups (broad SMARTS) is 1. The minimum Gasteiger partial charge on any atom is -0.480 e. The molecule has 0 aliphatic rings. The van der Waals surface area contributed by atoms with Crippen molar-refractivity contribution >= 4 is 36.6 Å². The Bertz CT molecular complexity index is 196. The number of nitrogens with zero attached hydrogens (tertiary/aromatic N) is 1. The molecule has 15 heavy (non-hydrogen) atoms. The molecule has 0 heterocycles. The molecular formula is C8H19Cl2N3O2. The molecule has 5 nitrogen and oxygen atoms in total. The number of nitrogens with two attached hydrogens (primary N) is 2. The van der Waals surface area contributed by atoms with Crippen molar-refractivity contribution in [3.8, 4) is 0 Å². The Morgan fingerprint density at radius 1 is 1.40 bits per heavy atom. The second-order valence-corrected chi connectivity index (χ2v) is 2.91. The summed E-state index contributed by atoms with van der Waals surface area (Å²) in [5.41, 5.74) is 10.6. The third-order valence-corrected chi connectivity index (χ3v) is 1.58. The van der Waals surface area contributed by atoms with E-state index in [1.807, 2.05) is 0 Å². The van der Waals surface area contributed by atoms with Crippen LogP contribution in [0.4, 0.5) is 0 Å². The molecule has 0 bridgehead atoms. The van der Waals surface area contributed by atoms with Crippen LogP contribution in [0.2, 0.25) is 0 Å². The first-order chi connectivity index (χ1) is 6.07. The molecule has 0 aromatic rings. The van der Waals surface area contributed by atoms with Gasteiger partial charge in [-0.2, -0.15) is 0 Å². The molecule has 0 aromatic heterocycles. The largest absolute Gasteiger partial charge is 0.480 e. The molecule has 0 aliphatic carbocycles. The fraction of sp³-hybridized carbons (Fsp3) is 0.750. The highest BCUT2D eigenvalue weighted by Gasteiger charge is 2.14. The molecule has 0 fully saturated rings. The number of carboxylic acids is 1. The van der Waals surface area contributed by atoms with E-state index in [0.29, 0.717) is 18.8 Å². The topological polar surface area (TPSA) is 102 Å². The van der Waals surface area contributed by atoms with Crippen molar-refractivity contribution in [3.05, 3.63) is 0 Å². The highest BCUT2D eigenvalue weighted by molar-refractivity contribution is 5.85. The normalized spacial score (nSPS) is 12.3. The fourth-order valence-corrected chi connectivity index (χ4v) is 0.971. The zero-order valence-corrected chi connectivity index (χ0v) is 10.3. The molecule has 0 aliphatic heterocycles. The number of hydrogen-bond donors (Lipinski definition) is 3. The molecule has 7 heteroatoms. The standard InChI is InChI=1S/C8H17N3O2.2ClH/c1-6(10)11-7(8(12)13)4-2-3-5-9;;/h7H,2-5,9H2,1H3,(H2,10,11)(H,12,13);2*1H/t7-;;/m0../s1. The average Bonchev–Trinajstić information content (AvgIpc) is 2.02. The second-order valence-electron chi connectivity index (χ2n) is 2.91. The molecule has 0 aromatic carbocycles. The van der Waals surface area contributed by atoms with Gasteiger partial charge in [-0.25, -0.2) is 4.79 Å². The first-order valence-electron chi connectivity index (χ1n) is 4.30. The predicted octanol–water partition coefficient (Wildman–Crippen LogP) is 0.789. The predicted molar refractivity (Wildman–Crippen MR) is 66.1 cm³/mol. The summed E-state index contributed by atoms with van der Waals surface area (Å²) in [5, 5.41) is 8.73. The molecular weight excluding hydrogens is 241 g/mol. The molecule has 0 saturated carbocycles. The van der Waals surface area contributed by atoms with Crippen molar-refractivity contribution in [2.24, 2.45) is 16.5 Å². The summed E-state index contributed by atoms with van der Waals surface area (Å²) in [4.78, 5) is 14.4. The zero-order chi connectivity index (χ0) is 10.3. The van der Waals surface area contributed by atoms with Gasteiger partial charge < -0.3 is 16.6 Å². The molecule has 5 N–H and O–H groups in total. The zero-order valence-electron chi connectivity index (χ0n) is 8.68. The van der Waals surface area contributed by atoms with Crippen LogP contribution >= 0.6 is 24.8 Å². The van der Waals surface area contributed by atoms with Crippen molar-refractivity contribution in [1.29, 1.82) is 0 Å². The lowest BCUT2D eigenvalue weighted by molar-refractivity contribution is -0.138. The van der Waals surface area contributed by atoms with Crippen LogP contribution < -0.4 is 11.5 Å². The van der Waals surface area contributed by atoms with Crippen LogP contribution in [0.3, 0.4) is 0 Å². The van der Waals surface area contributed by atoms with Gasteiger partial charge in [0, 0.05) is 0 Å². The Morgan fingerprint density at radius 3 is 2.27 bits per heavy atom. The number of amidine groups is 1. The van der Waals surface area contributed by atoms with Crippen molar-refractivity contribution in [2.75, 3.05) is 6.54 Å².